The number of hydrogen-bond acceptors (Lipinski definition) is 3. The SMILES string of the molecule is C[C@@]1(O)CCC[C@H]1NC(=O)OCc1ccccc1. The molecule has 1 aromatic carbocycles. The maximum absolute atomic E-state index is 11.6. The van der Waals surface area contributed by atoms with Crippen LogP contribution in [0.2, 0.25) is 0 Å². The summed E-state index contributed by atoms with van der Waals surface area (Å²) in [5.41, 5.74) is 0.136. The molecule has 2 N–H and O–H groups in total. The van der Waals surface area contributed by atoms with Crippen LogP contribution in [-0.4, -0.2) is 22.8 Å². The van der Waals surface area contributed by atoms with Gasteiger partial charge in [-0.1, -0.05) is 30.3 Å². The van der Waals surface area contributed by atoms with Crippen molar-refractivity contribution < 1.29 is 14.6 Å². The van der Waals surface area contributed by atoms with E-state index in [0.29, 0.717) is 0 Å². The van der Waals surface area contributed by atoms with Gasteiger partial charge in [0, 0.05) is 0 Å². The fourth-order valence-electron chi connectivity index (χ4n) is 2.28. The lowest BCUT2D eigenvalue weighted by Crippen LogP contribution is -2.47. The van der Waals surface area contributed by atoms with Gasteiger partial charge in [-0.25, -0.2) is 4.79 Å². The van der Waals surface area contributed by atoms with E-state index in [9.17, 15) is 9.90 Å². The van der Waals surface area contributed by atoms with E-state index in [1.807, 2.05) is 30.3 Å². The van der Waals surface area contributed by atoms with Gasteiger partial charge >= 0.3 is 6.09 Å². The highest BCUT2D eigenvalue weighted by molar-refractivity contribution is 5.67. The minimum atomic E-state index is -0.814. The van der Waals surface area contributed by atoms with Gasteiger partial charge in [0.05, 0.1) is 11.6 Å². The summed E-state index contributed by atoms with van der Waals surface area (Å²) in [6, 6.07) is 9.31. The summed E-state index contributed by atoms with van der Waals surface area (Å²) in [4.78, 5) is 11.6. The molecule has 98 valence electrons. The summed E-state index contributed by atoms with van der Waals surface area (Å²) >= 11 is 0. The van der Waals surface area contributed by atoms with Crippen LogP contribution in [0, 0.1) is 0 Å². The lowest BCUT2D eigenvalue weighted by Gasteiger charge is -2.25. The van der Waals surface area contributed by atoms with Gasteiger partial charge in [-0.3, -0.25) is 0 Å². The molecule has 1 aliphatic rings. The third-order valence-corrected chi connectivity index (χ3v) is 3.43. The van der Waals surface area contributed by atoms with Crippen LogP contribution in [0.3, 0.4) is 0 Å². The first kappa shape index (κ1) is 12.9. The molecule has 4 heteroatoms. The smallest absolute Gasteiger partial charge is 0.407 e. The number of carbonyl (C=O) groups excluding carboxylic acids is 1. The van der Waals surface area contributed by atoms with Crippen LogP contribution < -0.4 is 5.32 Å². The monoisotopic (exact) mass is 249 g/mol. The molecule has 2 rings (SSSR count). The summed E-state index contributed by atoms with van der Waals surface area (Å²) < 4.78 is 5.12. The Morgan fingerprint density at radius 3 is 2.83 bits per heavy atom. The number of benzene rings is 1. The van der Waals surface area contributed by atoms with Gasteiger partial charge in [0.25, 0.3) is 0 Å². The first-order valence-electron chi connectivity index (χ1n) is 6.27. The molecule has 0 spiro atoms. The van der Waals surface area contributed by atoms with E-state index in [-0.39, 0.29) is 12.6 Å². The van der Waals surface area contributed by atoms with E-state index in [1.54, 1.807) is 6.92 Å². The molecule has 1 aliphatic carbocycles. The second-order valence-corrected chi connectivity index (χ2v) is 5.01. The van der Waals surface area contributed by atoms with Gasteiger partial charge < -0.3 is 15.2 Å². The Labute approximate surface area is 107 Å². The van der Waals surface area contributed by atoms with Gasteiger partial charge in [-0.15, -0.1) is 0 Å². The molecular formula is C14H19NO3. The number of nitrogens with one attached hydrogen (secondary N) is 1. The Balaban J connectivity index is 1.79. The van der Waals surface area contributed by atoms with Crippen LogP contribution in [0.5, 0.6) is 0 Å². The normalized spacial score (nSPS) is 26.9. The second kappa shape index (κ2) is 5.40. The summed E-state index contributed by atoms with van der Waals surface area (Å²) in [6.45, 7) is 2.00. The number of amides is 1. The first-order chi connectivity index (χ1) is 8.58. The second-order valence-electron chi connectivity index (χ2n) is 5.01. The van der Waals surface area contributed by atoms with E-state index in [0.717, 1.165) is 24.8 Å². The maximum Gasteiger partial charge on any atom is 0.407 e. The number of carbonyl (C=O) groups is 1. The summed E-state index contributed by atoms with van der Waals surface area (Å²) in [5.74, 6) is 0. The Kier molecular flexibility index (Phi) is 3.87. The van der Waals surface area contributed by atoms with Gasteiger partial charge in [0.1, 0.15) is 6.61 Å². The van der Waals surface area contributed by atoms with E-state index < -0.39 is 11.7 Å². The number of rotatable bonds is 3. The molecular weight excluding hydrogens is 230 g/mol. The van der Waals surface area contributed by atoms with Crippen molar-refractivity contribution in [1.29, 1.82) is 0 Å². The fourth-order valence-corrected chi connectivity index (χ4v) is 2.28. The highest BCUT2D eigenvalue weighted by atomic mass is 16.5. The van der Waals surface area contributed by atoms with Gasteiger partial charge in [0.15, 0.2) is 0 Å². The summed E-state index contributed by atoms with van der Waals surface area (Å²) in [5, 5.41) is 12.7. The Morgan fingerprint density at radius 2 is 2.22 bits per heavy atom. The largest absolute Gasteiger partial charge is 0.445 e. The zero-order valence-corrected chi connectivity index (χ0v) is 10.6. The van der Waals surface area contributed by atoms with Crippen LogP contribution >= 0.6 is 0 Å². The number of alkyl carbamates (subject to hydrolysis) is 1. The molecule has 0 radical (unpaired) electrons. The van der Waals surface area contributed by atoms with Crippen LogP contribution in [0.25, 0.3) is 0 Å². The van der Waals surface area contributed by atoms with Gasteiger partial charge in [0.2, 0.25) is 0 Å². The van der Waals surface area contributed by atoms with Crippen molar-refractivity contribution in [2.45, 2.75) is 44.4 Å². The Hall–Kier alpha value is -1.55. The predicted octanol–water partition coefficient (Wildman–Crippen LogP) is 2.22. The molecule has 1 fully saturated rings. The predicted molar refractivity (Wildman–Crippen MR) is 68.0 cm³/mol. The maximum atomic E-state index is 11.6. The molecule has 0 heterocycles. The molecule has 0 unspecified atom stereocenters. The molecule has 1 saturated carbocycles. The Morgan fingerprint density at radius 1 is 1.50 bits per heavy atom. The van der Waals surface area contributed by atoms with Crippen molar-refractivity contribution >= 4 is 6.09 Å². The lowest BCUT2D eigenvalue weighted by atomic mass is 10.0. The van der Waals surface area contributed by atoms with Crippen LogP contribution in [-0.2, 0) is 11.3 Å². The van der Waals surface area contributed by atoms with Crippen molar-refractivity contribution in [1.82, 2.24) is 5.32 Å². The van der Waals surface area contributed by atoms with Crippen molar-refractivity contribution in [3.63, 3.8) is 0 Å². The van der Waals surface area contributed by atoms with E-state index in [4.69, 9.17) is 4.74 Å². The molecule has 1 aromatic rings. The van der Waals surface area contributed by atoms with Crippen LogP contribution in [0.15, 0.2) is 30.3 Å². The standard InChI is InChI=1S/C14H19NO3/c1-14(17)9-5-8-12(14)15-13(16)18-10-11-6-3-2-4-7-11/h2-4,6-7,12,17H,5,8-10H2,1H3,(H,15,16)/t12-,14-/m1/s1. The van der Waals surface area contributed by atoms with E-state index in [2.05, 4.69) is 5.32 Å². The summed E-state index contributed by atoms with van der Waals surface area (Å²) in [7, 11) is 0. The van der Waals surface area contributed by atoms with Crippen LogP contribution in [0.4, 0.5) is 4.79 Å². The van der Waals surface area contributed by atoms with E-state index in [1.165, 1.54) is 0 Å². The fraction of sp³-hybridized carbons (Fsp3) is 0.500. The van der Waals surface area contributed by atoms with Gasteiger partial charge in [-0.05, 0) is 31.7 Å². The highest BCUT2D eigenvalue weighted by Gasteiger charge is 2.37. The third kappa shape index (κ3) is 3.23. The molecule has 4 nitrogen and oxygen atoms in total. The molecule has 2 atom stereocenters. The van der Waals surface area contributed by atoms with Crippen LogP contribution in [0.1, 0.15) is 31.7 Å². The first-order valence-corrected chi connectivity index (χ1v) is 6.27. The average molecular weight is 249 g/mol. The minimum Gasteiger partial charge on any atom is -0.445 e. The zero-order valence-electron chi connectivity index (χ0n) is 10.6. The van der Waals surface area contributed by atoms with Crippen molar-refractivity contribution in [2.75, 3.05) is 0 Å². The number of hydrogen-bond donors (Lipinski definition) is 2. The lowest BCUT2D eigenvalue weighted by molar-refractivity contribution is 0.0358. The number of ether oxygens (including phenoxy) is 1. The topological polar surface area (TPSA) is 58.6 Å². The minimum absolute atomic E-state index is 0.208. The quantitative estimate of drug-likeness (QED) is 0.863. The summed E-state index contributed by atoms with van der Waals surface area (Å²) in [6.07, 6.45) is 1.98. The molecule has 0 saturated heterocycles. The Bertz CT molecular complexity index is 403. The average Bonchev–Trinajstić information content (AvgIpc) is 2.68. The van der Waals surface area contributed by atoms with Crippen molar-refractivity contribution in [2.24, 2.45) is 0 Å². The van der Waals surface area contributed by atoms with Gasteiger partial charge in [-0.2, -0.15) is 0 Å². The molecule has 1 amide bonds. The third-order valence-electron chi connectivity index (χ3n) is 3.43. The zero-order chi connectivity index (χ0) is 13.0. The molecule has 18 heavy (non-hydrogen) atoms. The van der Waals surface area contributed by atoms with Crippen molar-refractivity contribution in [3.8, 4) is 0 Å². The number of aliphatic hydroxyl groups is 1. The molecule has 0 aromatic heterocycles. The molecule has 0 bridgehead atoms. The van der Waals surface area contributed by atoms with E-state index >= 15 is 0 Å². The molecule has 0 aliphatic heterocycles. The van der Waals surface area contributed by atoms with Crippen molar-refractivity contribution in [3.05, 3.63) is 35.9 Å². The highest BCUT2D eigenvalue weighted by Crippen LogP contribution is 2.29.